The van der Waals surface area contributed by atoms with E-state index in [1.54, 1.807) is 18.5 Å². The van der Waals surface area contributed by atoms with E-state index in [1.165, 1.54) is 0 Å². The third-order valence-electron chi connectivity index (χ3n) is 3.41. The van der Waals surface area contributed by atoms with Gasteiger partial charge in [0.25, 0.3) is 5.91 Å². The minimum Gasteiger partial charge on any atom is -0.481 e. The number of hydrogen-bond donors (Lipinski definition) is 2. The van der Waals surface area contributed by atoms with Crippen LogP contribution in [0, 0.1) is 12.8 Å². The van der Waals surface area contributed by atoms with E-state index in [4.69, 9.17) is 5.11 Å². The van der Waals surface area contributed by atoms with Crippen LogP contribution < -0.4 is 5.32 Å². The summed E-state index contributed by atoms with van der Waals surface area (Å²) < 4.78 is 0. The van der Waals surface area contributed by atoms with E-state index < -0.39 is 11.9 Å². The van der Waals surface area contributed by atoms with Crippen molar-refractivity contribution in [1.29, 1.82) is 0 Å². The fourth-order valence-corrected chi connectivity index (χ4v) is 2.40. The average Bonchev–Trinajstić information content (AvgIpc) is 2.77. The predicted molar refractivity (Wildman–Crippen MR) is 65.2 cm³/mol. The molecule has 1 aromatic heterocycles. The highest BCUT2D eigenvalue weighted by molar-refractivity contribution is 5.95. The van der Waals surface area contributed by atoms with Gasteiger partial charge in [-0.1, -0.05) is 6.42 Å². The van der Waals surface area contributed by atoms with E-state index in [-0.39, 0.29) is 11.9 Å². The molecule has 96 valence electrons. The molecule has 1 saturated carbocycles. The molecule has 0 saturated heterocycles. The lowest BCUT2D eigenvalue weighted by Gasteiger charge is -2.18. The molecule has 2 unspecified atom stereocenters. The Balaban J connectivity index is 2.08. The second-order valence-electron chi connectivity index (χ2n) is 4.65. The molecule has 1 aromatic rings. The Morgan fingerprint density at radius 1 is 1.44 bits per heavy atom. The molecule has 1 fully saturated rings. The number of nitrogens with one attached hydrogen (secondary N) is 1. The summed E-state index contributed by atoms with van der Waals surface area (Å²) in [6.45, 7) is 1.81. The first-order valence-electron chi connectivity index (χ1n) is 6.04. The van der Waals surface area contributed by atoms with Gasteiger partial charge in [0.1, 0.15) is 0 Å². The maximum absolute atomic E-state index is 12.1. The fourth-order valence-electron chi connectivity index (χ4n) is 2.40. The number of aromatic nitrogens is 1. The van der Waals surface area contributed by atoms with Gasteiger partial charge in [0.05, 0.1) is 5.92 Å². The SMILES string of the molecule is Cc1cnccc1C(=O)NC1CCCC1C(=O)O. The van der Waals surface area contributed by atoms with E-state index in [1.807, 2.05) is 6.92 Å². The van der Waals surface area contributed by atoms with Crippen molar-refractivity contribution in [1.82, 2.24) is 10.3 Å². The van der Waals surface area contributed by atoms with Gasteiger partial charge in [-0.2, -0.15) is 0 Å². The van der Waals surface area contributed by atoms with Crippen LogP contribution in [-0.4, -0.2) is 28.0 Å². The van der Waals surface area contributed by atoms with Crippen LogP contribution in [0.2, 0.25) is 0 Å². The molecule has 0 aromatic carbocycles. The minimum atomic E-state index is -0.829. The van der Waals surface area contributed by atoms with Crippen LogP contribution in [0.4, 0.5) is 0 Å². The Labute approximate surface area is 105 Å². The number of carboxylic acid groups (broad SMARTS) is 1. The van der Waals surface area contributed by atoms with Crippen LogP contribution in [0.3, 0.4) is 0 Å². The molecule has 5 nitrogen and oxygen atoms in total. The first-order chi connectivity index (χ1) is 8.59. The van der Waals surface area contributed by atoms with Crippen molar-refractivity contribution in [2.75, 3.05) is 0 Å². The molecule has 18 heavy (non-hydrogen) atoms. The van der Waals surface area contributed by atoms with Crippen molar-refractivity contribution in [2.24, 2.45) is 5.92 Å². The zero-order chi connectivity index (χ0) is 13.1. The molecule has 0 spiro atoms. The lowest BCUT2D eigenvalue weighted by atomic mass is 10.0. The third kappa shape index (κ3) is 2.50. The standard InChI is InChI=1S/C13H16N2O3/c1-8-7-14-6-5-9(8)12(16)15-11-4-2-3-10(11)13(17)18/h5-7,10-11H,2-4H2,1H3,(H,15,16)(H,17,18). The van der Waals surface area contributed by atoms with Gasteiger partial charge >= 0.3 is 5.97 Å². The van der Waals surface area contributed by atoms with E-state index in [0.717, 1.165) is 18.4 Å². The molecule has 0 bridgehead atoms. The molecule has 1 aliphatic carbocycles. The molecule has 0 aliphatic heterocycles. The predicted octanol–water partition coefficient (Wildman–Crippen LogP) is 1.37. The number of pyridine rings is 1. The van der Waals surface area contributed by atoms with Crippen molar-refractivity contribution in [3.05, 3.63) is 29.6 Å². The van der Waals surface area contributed by atoms with E-state index in [0.29, 0.717) is 12.0 Å². The Bertz CT molecular complexity index is 473. The van der Waals surface area contributed by atoms with Crippen LogP contribution in [0.1, 0.15) is 35.2 Å². The molecule has 1 aliphatic rings. The Kier molecular flexibility index (Phi) is 3.60. The highest BCUT2D eigenvalue weighted by Crippen LogP contribution is 2.26. The van der Waals surface area contributed by atoms with Crippen molar-refractivity contribution in [3.8, 4) is 0 Å². The Hall–Kier alpha value is -1.91. The third-order valence-corrected chi connectivity index (χ3v) is 3.41. The fraction of sp³-hybridized carbons (Fsp3) is 0.462. The molecule has 2 atom stereocenters. The maximum Gasteiger partial charge on any atom is 0.308 e. The first-order valence-corrected chi connectivity index (χ1v) is 6.04. The number of aryl methyl sites for hydroxylation is 1. The number of amides is 1. The van der Waals surface area contributed by atoms with Crippen LogP contribution in [0.5, 0.6) is 0 Å². The Morgan fingerprint density at radius 3 is 2.89 bits per heavy atom. The van der Waals surface area contributed by atoms with Gasteiger partial charge in [0.2, 0.25) is 0 Å². The normalized spacial score (nSPS) is 22.7. The van der Waals surface area contributed by atoms with Crippen LogP contribution in [0.25, 0.3) is 0 Å². The molecular formula is C13H16N2O3. The van der Waals surface area contributed by atoms with Gasteiger partial charge in [-0.25, -0.2) is 0 Å². The number of carbonyl (C=O) groups is 2. The first kappa shape index (κ1) is 12.5. The Morgan fingerprint density at radius 2 is 2.22 bits per heavy atom. The topological polar surface area (TPSA) is 79.3 Å². The monoisotopic (exact) mass is 248 g/mol. The van der Waals surface area contributed by atoms with Gasteiger partial charge in [0, 0.05) is 24.0 Å². The summed E-state index contributed by atoms with van der Waals surface area (Å²) in [6, 6.07) is 1.39. The summed E-state index contributed by atoms with van der Waals surface area (Å²) >= 11 is 0. The largest absolute Gasteiger partial charge is 0.481 e. The van der Waals surface area contributed by atoms with Gasteiger partial charge in [-0.05, 0) is 31.4 Å². The van der Waals surface area contributed by atoms with E-state index in [2.05, 4.69) is 10.3 Å². The highest BCUT2D eigenvalue weighted by Gasteiger charge is 2.34. The number of rotatable bonds is 3. The minimum absolute atomic E-state index is 0.215. The number of carbonyl (C=O) groups excluding carboxylic acids is 1. The lowest BCUT2D eigenvalue weighted by Crippen LogP contribution is -2.40. The zero-order valence-corrected chi connectivity index (χ0v) is 10.2. The summed E-state index contributed by atoms with van der Waals surface area (Å²) in [5, 5.41) is 11.9. The number of carboxylic acids is 1. The smallest absolute Gasteiger partial charge is 0.308 e. The van der Waals surface area contributed by atoms with Crippen molar-refractivity contribution in [2.45, 2.75) is 32.2 Å². The van der Waals surface area contributed by atoms with Crippen molar-refractivity contribution >= 4 is 11.9 Å². The van der Waals surface area contributed by atoms with Crippen LogP contribution >= 0.6 is 0 Å². The molecule has 2 rings (SSSR count). The van der Waals surface area contributed by atoms with Crippen LogP contribution in [-0.2, 0) is 4.79 Å². The lowest BCUT2D eigenvalue weighted by molar-refractivity contribution is -0.142. The van der Waals surface area contributed by atoms with Crippen molar-refractivity contribution < 1.29 is 14.7 Å². The van der Waals surface area contributed by atoms with Crippen LogP contribution in [0.15, 0.2) is 18.5 Å². The number of nitrogens with zero attached hydrogens (tertiary/aromatic N) is 1. The van der Waals surface area contributed by atoms with Gasteiger partial charge < -0.3 is 10.4 Å². The van der Waals surface area contributed by atoms with E-state index >= 15 is 0 Å². The molecule has 2 N–H and O–H groups in total. The van der Waals surface area contributed by atoms with Gasteiger partial charge in [-0.3, -0.25) is 14.6 Å². The highest BCUT2D eigenvalue weighted by atomic mass is 16.4. The molecule has 1 heterocycles. The molecule has 0 radical (unpaired) electrons. The summed E-state index contributed by atoms with van der Waals surface area (Å²) in [4.78, 5) is 27.0. The van der Waals surface area contributed by atoms with E-state index in [9.17, 15) is 9.59 Å². The second-order valence-corrected chi connectivity index (χ2v) is 4.65. The summed E-state index contributed by atoms with van der Waals surface area (Å²) in [7, 11) is 0. The maximum atomic E-state index is 12.1. The molecule has 1 amide bonds. The molecular weight excluding hydrogens is 232 g/mol. The van der Waals surface area contributed by atoms with Gasteiger partial charge in [-0.15, -0.1) is 0 Å². The summed E-state index contributed by atoms with van der Waals surface area (Å²) in [5.74, 6) is -1.51. The number of hydrogen-bond acceptors (Lipinski definition) is 3. The van der Waals surface area contributed by atoms with Crippen molar-refractivity contribution in [3.63, 3.8) is 0 Å². The average molecular weight is 248 g/mol. The zero-order valence-electron chi connectivity index (χ0n) is 10.2. The number of aliphatic carboxylic acids is 1. The van der Waals surface area contributed by atoms with Gasteiger partial charge in [0.15, 0.2) is 0 Å². The summed E-state index contributed by atoms with van der Waals surface area (Å²) in [6.07, 6.45) is 5.39. The summed E-state index contributed by atoms with van der Waals surface area (Å²) in [5.41, 5.74) is 1.35. The molecule has 5 heteroatoms. The quantitative estimate of drug-likeness (QED) is 0.846. The second kappa shape index (κ2) is 5.16.